The summed E-state index contributed by atoms with van der Waals surface area (Å²) in [6.07, 6.45) is 6.61. The standard InChI is InChI=1S/C26H28N8O/c1-32(2)26(35)18-4-5-22(29-15-18)17-9-12-34(13-10-17)16-19-14-21-20(8-11-28-25(21)33(19)3)23-6-7-24(27)31-30-23/h4-9,11,14-15H,10,12-13,16H2,1-3H3,(H2,27,31). The van der Waals surface area contributed by atoms with Gasteiger partial charge in [0.2, 0.25) is 0 Å². The number of carbonyl (C=O) groups is 1. The number of aryl methyl sites for hydroxylation is 1. The molecule has 4 aromatic rings. The second-order valence-corrected chi connectivity index (χ2v) is 8.98. The Morgan fingerprint density at radius 1 is 1.09 bits per heavy atom. The number of fused-ring (bicyclic) bond motifs is 1. The molecule has 2 N–H and O–H groups in total. The molecular weight excluding hydrogens is 440 g/mol. The van der Waals surface area contributed by atoms with Gasteiger partial charge in [-0.1, -0.05) is 6.08 Å². The fraction of sp³-hybridized carbons (Fsp3) is 0.269. The average Bonchev–Trinajstić information content (AvgIpc) is 3.20. The van der Waals surface area contributed by atoms with E-state index in [2.05, 4.69) is 48.8 Å². The second-order valence-electron chi connectivity index (χ2n) is 8.98. The second kappa shape index (κ2) is 9.27. The molecular formula is C26H28N8O. The highest BCUT2D eigenvalue weighted by atomic mass is 16.2. The van der Waals surface area contributed by atoms with Crippen LogP contribution in [-0.2, 0) is 13.6 Å². The largest absolute Gasteiger partial charge is 0.382 e. The number of carbonyl (C=O) groups excluding carboxylic acids is 1. The molecule has 1 aliphatic heterocycles. The molecule has 0 atom stereocenters. The number of pyridine rings is 2. The molecule has 35 heavy (non-hydrogen) atoms. The van der Waals surface area contributed by atoms with Gasteiger partial charge in [0.15, 0.2) is 0 Å². The van der Waals surface area contributed by atoms with Crippen molar-refractivity contribution < 1.29 is 4.79 Å². The fourth-order valence-corrected chi connectivity index (χ4v) is 4.42. The molecule has 9 heteroatoms. The number of nitrogens with two attached hydrogens (primary N) is 1. The number of hydrogen-bond acceptors (Lipinski definition) is 7. The van der Waals surface area contributed by atoms with Gasteiger partial charge in [0.1, 0.15) is 11.5 Å². The first-order valence-corrected chi connectivity index (χ1v) is 11.5. The zero-order valence-electron chi connectivity index (χ0n) is 20.1. The number of rotatable bonds is 5. The van der Waals surface area contributed by atoms with Crippen LogP contribution in [0.1, 0.15) is 28.2 Å². The van der Waals surface area contributed by atoms with Crippen LogP contribution in [0.25, 0.3) is 27.9 Å². The van der Waals surface area contributed by atoms with Gasteiger partial charge >= 0.3 is 0 Å². The van der Waals surface area contributed by atoms with Gasteiger partial charge in [-0.2, -0.15) is 0 Å². The van der Waals surface area contributed by atoms with Crippen molar-refractivity contribution in [2.45, 2.75) is 13.0 Å². The third-order valence-corrected chi connectivity index (χ3v) is 6.41. The number of nitrogen functional groups attached to an aromatic ring is 1. The number of nitrogens with zero attached hydrogens (tertiary/aromatic N) is 7. The Kier molecular flexibility index (Phi) is 6.00. The summed E-state index contributed by atoms with van der Waals surface area (Å²) in [5, 5.41) is 9.31. The molecule has 0 aromatic carbocycles. The van der Waals surface area contributed by atoms with Crippen molar-refractivity contribution in [1.82, 2.24) is 34.5 Å². The average molecular weight is 469 g/mol. The predicted molar refractivity (Wildman–Crippen MR) is 136 cm³/mol. The summed E-state index contributed by atoms with van der Waals surface area (Å²) in [7, 11) is 5.54. The Morgan fingerprint density at radius 3 is 2.57 bits per heavy atom. The summed E-state index contributed by atoms with van der Waals surface area (Å²) in [6, 6.07) is 11.6. The van der Waals surface area contributed by atoms with E-state index < -0.39 is 0 Å². The lowest BCUT2D eigenvalue weighted by atomic mass is 10.0. The van der Waals surface area contributed by atoms with Crippen LogP contribution in [-0.4, -0.2) is 67.6 Å². The van der Waals surface area contributed by atoms with Gasteiger partial charge in [0.25, 0.3) is 5.91 Å². The normalized spacial score (nSPS) is 14.2. The van der Waals surface area contributed by atoms with E-state index in [0.29, 0.717) is 11.4 Å². The van der Waals surface area contributed by atoms with Crippen molar-refractivity contribution in [2.75, 3.05) is 32.9 Å². The molecule has 0 bridgehead atoms. The van der Waals surface area contributed by atoms with Crippen LogP contribution in [0.2, 0.25) is 0 Å². The van der Waals surface area contributed by atoms with E-state index in [-0.39, 0.29) is 5.91 Å². The molecule has 0 spiro atoms. The first-order valence-electron chi connectivity index (χ1n) is 11.5. The van der Waals surface area contributed by atoms with E-state index >= 15 is 0 Å². The van der Waals surface area contributed by atoms with Crippen LogP contribution < -0.4 is 5.73 Å². The maximum Gasteiger partial charge on any atom is 0.254 e. The van der Waals surface area contributed by atoms with Crippen molar-refractivity contribution in [3.8, 4) is 11.3 Å². The number of hydrogen-bond donors (Lipinski definition) is 1. The summed E-state index contributed by atoms with van der Waals surface area (Å²) in [6.45, 7) is 2.57. The van der Waals surface area contributed by atoms with Crippen LogP contribution in [0.15, 0.2) is 54.9 Å². The summed E-state index contributed by atoms with van der Waals surface area (Å²) in [5.74, 6) is 0.363. The minimum atomic E-state index is -0.0381. The highest BCUT2D eigenvalue weighted by Crippen LogP contribution is 2.29. The Labute approximate surface area is 203 Å². The molecule has 1 amide bonds. The first kappa shape index (κ1) is 22.7. The lowest BCUT2D eigenvalue weighted by Gasteiger charge is -2.26. The van der Waals surface area contributed by atoms with Gasteiger partial charge < -0.3 is 15.2 Å². The van der Waals surface area contributed by atoms with Gasteiger partial charge in [-0.25, -0.2) is 4.98 Å². The Balaban J connectivity index is 1.32. The number of aromatic nitrogens is 5. The molecule has 4 aromatic heterocycles. The Hall–Kier alpha value is -4.11. The van der Waals surface area contributed by atoms with E-state index in [4.69, 9.17) is 5.73 Å². The third-order valence-electron chi connectivity index (χ3n) is 6.41. The summed E-state index contributed by atoms with van der Waals surface area (Å²) >= 11 is 0. The first-order chi connectivity index (χ1) is 16.9. The molecule has 0 saturated carbocycles. The third kappa shape index (κ3) is 4.50. The Morgan fingerprint density at radius 2 is 1.91 bits per heavy atom. The summed E-state index contributed by atoms with van der Waals surface area (Å²) < 4.78 is 2.14. The molecule has 0 unspecified atom stereocenters. The van der Waals surface area contributed by atoms with E-state index in [0.717, 1.165) is 54.0 Å². The van der Waals surface area contributed by atoms with Crippen LogP contribution in [0.5, 0.6) is 0 Å². The van der Waals surface area contributed by atoms with Gasteiger partial charge in [-0.05, 0) is 48.4 Å². The lowest BCUT2D eigenvalue weighted by molar-refractivity contribution is 0.0827. The van der Waals surface area contributed by atoms with Crippen molar-refractivity contribution in [2.24, 2.45) is 7.05 Å². The fourth-order valence-electron chi connectivity index (χ4n) is 4.42. The van der Waals surface area contributed by atoms with E-state index in [1.807, 2.05) is 24.3 Å². The van der Waals surface area contributed by atoms with Crippen molar-refractivity contribution in [1.29, 1.82) is 0 Å². The zero-order chi connectivity index (χ0) is 24.5. The minimum Gasteiger partial charge on any atom is -0.382 e. The molecule has 5 heterocycles. The topological polar surface area (TPSA) is 106 Å². The number of amides is 1. The maximum atomic E-state index is 12.1. The highest BCUT2D eigenvalue weighted by Gasteiger charge is 2.18. The van der Waals surface area contributed by atoms with Gasteiger partial charge in [0.05, 0.1) is 17.0 Å². The van der Waals surface area contributed by atoms with Crippen LogP contribution >= 0.6 is 0 Å². The van der Waals surface area contributed by atoms with E-state index in [1.54, 1.807) is 37.5 Å². The SMILES string of the molecule is CN(C)C(=O)c1ccc(C2=CCN(Cc3cc4c(-c5ccc(N)nn5)ccnc4n3C)CC2)nc1. The Bertz CT molecular complexity index is 1400. The molecule has 178 valence electrons. The quantitative estimate of drug-likeness (QED) is 0.480. The van der Waals surface area contributed by atoms with E-state index in [9.17, 15) is 4.79 Å². The molecule has 0 radical (unpaired) electrons. The van der Waals surface area contributed by atoms with Crippen molar-refractivity contribution >= 4 is 28.3 Å². The maximum absolute atomic E-state index is 12.1. The smallest absolute Gasteiger partial charge is 0.254 e. The minimum absolute atomic E-state index is 0.0381. The van der Waals surface area contributed by atoms with E-state index in [1.165, 1.54) is 11.3 Å². The van der Waals surface area contributed by atoms with Gasteiger partial charge in [-0.3, -0.25) is 14.7 Å². The van der Waals surface area contributed by atoms with Crippen molar-refractivity contribution in [3.63, 3.8) is 0 Å². The van der Waals surface area contributed by atoms with Gasteiger partial charge in [0, 0.05) is 69.8 Å². The predicted octanol–water partition coefficient (Wildman–Crippen LogP) is 3.00. The molecule has 1 aliphatic rings. The van der Waals surface area contributed by atoms with Crippen LogP contribution in [0.3, 0.4) is 0 Å². The molecule has 0 fully saturated rings. The van der Waals surface area contributed by atoms with Crippen LogP contribution in [0.4, 0.5) is 5.82 Å². The van der Waals surface area contributed by atoms with Crippen LogP contribution in [0, 0.1) is 0 Å². The molecule has 9 nitrogen and oxygen atoms in total. The molecule has 0 saturated heterocycles. The summed E-state index contributed by atoms with van der Waals surface area (Å²) in [5.41, 5.74) is 12.3. The van der Waals surface area contributed by atoms with Crippen molar-refractivity contribution in [3.05, 3.63) is 71.8 Å². The number of anilines is 1. The van der Waals surface area contributed by atoms with Gasteiger partial charge in [-0.15, -0.1) is 10.2 Å². The lowest BCUT2D eigenvalue weighted by Crippen LogP contribution is -2.29. The highest BCUT2D eigenvalue weighted by molar-refractivity contribution is 5.94. The summed E-state index contributed by atoms with van der Waals surface area (Å²) in [4.78, 5) is 25.2. The molecule has 5 rings (SSSR count). The zero-order valence-corrected chi connectivity index (χ0v) is 20.1. The monoisotopic (exact) mass is 468 g/mol. The molecule has 0 aliphatic carbocycles.